The van der Waals surface area contributed by atoms with Crippen LogP contribution in [-0.2, 0) is 17.2 Å². The number of aromatic nitrogens is 1. The van der Waals surface area contributed by atoms with Crippen LogP contribution in [0.25, 0.3) is 0 Å². The van der Waals surface area contributed by atoms with Gasteiger partial charge in [0.2, 0.25) is 0 Å². The van der Waals surface area contributed by atoms with Gasteiger partial charge in [-0.1, -0.05) is 12.1 Å². The molecule has 5 nitrogen and oxygen atoms in total. The van der Waals surface area contributed by atoms with Gasteiger partial charge < -0.3 is 14.8 Å². The lowest BCUT2D eigenvalue weighted by atomic mass is 10.1. The van der Waals surface area contributed by atoms with E-state index >= 15 is 0 Å². The summed E-state index contributed by atoms with van der Waals surface area (Å²) < 4.78 is 11.2. The number of hydrogen-bond acceptors (Lipinski definition) is 5. The van der Waals surface area contributed by atoms with E-state index in [9.17, 15) is 0 Å². The lowest BCUT2D eigenvalue weighted by molar-refractivity contribution is -0.0726. The molecule has 1 aromatic heterocycles. The first-order valence-electron chi connectivity index (χ1n) is 6.98. The molecule has 0 amide bonds. The Morgan fingerprint density at radius 2 is 1.86 bits per heavy atom. The Kier molecular flexibility index (Phi) is 4.16. The molecule has 0 fully saturated rings. The highest BCUT2D eigenvalue weighted by atomic mass is 16.5. The number of aliphatic imine (C=N–C) groups is 1. The van der Waals surface area contributed by atoms with Gasteiger partial charge in [0.1, 0.15) is 5.75 Å². The molecule has 0 spiro atoms. The first-order valence-corrected chi connectivity index (χ1v) is 6.98. The van der Waals surface area contributed by atoms with Gasteiger partial charge in [-0.2, -0.15) is 0 Å². The summed E-state index contributed by atoms with van der Waals surface area (Å²) >= 11 is 0. The SMILES string of the molecule is COc1ccc(COC2(c3ccncc3)N=CC=CN2)cc1. The normalized spacial score (nSPS) is 19.7. The maximum atomic E-state index is 6.09. The summed E-state index contributed by atoms with van der Waals surface area (Å²) in [6.07, 6.45) is 8.83. The second-order valence-electron chi connectivity index (χ2n) is 4.80. The van der Waals surface area contributed by atoms with E-state index in [1.54, 1.807) is 25.7 Å². The van der Waals surface area contributed by atoms with E-state index in [0.29, 0.717) is 6.61 Å². The van der Waals surface area contributed by atoms with Gasteiger partial charge in [-0.05, 0) is 35.9 Å². The monoisotopic (exact) mass is 295 g/mol. The van der Waals surface area contributed by atoms with E-state index in [1.165, 1.54) is 0 Å². The highest BCUT2D eigenvalue weighted by molar-refractivity contribution is 5.72. The molecule has 0 bridgehead atoms. The Hall–Kier alpha value is -2.66. The van der Waals surface area contributed by atoms with E-state index in [0.717, 1.165) is 16.9 Å². The smallest absolute Gasteiger partial charge is 0.264 e. The molecular weight excluding hydrogens is 278 g/mol. The van der Waals surface area contributed by atoms with Crippen LogP contribution in [0.4, 0.5) is 0 Å². The molecule has 1 N–H and O–H groups in total. The summed E-state index contributed by atoms with van der Waals surface area (Å²) in [5.74, 6) is -0.0956. The molecule has 1 aliphatic heterocycles. The zero-order valence-electron chi connectivity index (χ0n) is 12.3. The molecule has 3 rings (SSSR count). The molecule has 0 aliphatic carbocycles. The van der Waals surface area contributed by atoms with Crippen LogP contribution in [0.5, 0.6) is 5.75 Å². The van der Waals surface area contributed by atoms with Crippen molar-refractivity contribution in [1.29, 1.82) is 0 Å². The molecule has 0 saturated heterocycles. The van der Waals surface area contributed by atoms with Crippen molar-refractivity contribution in [3.8, 4) is 5.75 Å². The first-order chi connectivity index (χ1) is 10.8. The van der Waals surface area contributed by atoms with E-state index in [4.69, 9.17) is 9.47 Å². The Morgan fingerprint density at radius 3 is 2.50 bits per heavy atom. The number of hydrogen-bond donors (Lipinski definition) is 1. The average molecular weight is 295 g/mol. The molecule has 1 aromatic carbocycles. The van der Waals surface area contributed by atoms with Gasteiger partial charge in [-0.25, -0.2) is 4.99 Å². The van der Waals surface area contributed by atoms with Gasteiger partial charge in [0.15, 0.2) is 0 Å². The van der Waals surface area contributed by atoms with E-state index in [2.05, 4.69) is 15.3 Å². The molecule has 0 radical (unpaired) electrons. The van der Waals surface area contributed by atoms with Crippen LogP contribution in [0, 0.1) is 0 Å². The van der Waals surface area contributed by atoms with E-state index in [-0.39, 0.29) is 0 Å². The molecule has 2 heterocycles. The van der Waals surface area contributed by atoms with Gasteiger partial charge in [-0.3, -0.25) is 4.98 Å². The maximum Gasteiger partial charge on any atom is 0.264 e. The van der Waals surface area contributed by atoms with Crippen LogP contribution in [0.2, 0.25) is 0 Å². The second kappa shape index (κ2) is 6.41. The molecule has 0 saturated carbocycles. The number of ether oxygens (including phenoxy) is 2. The third-order valence-electron chi connectivity index (χ3n) is 3.40. The van der Waals surface area contributed by atoms with Crippen molar-refractivity contribution in [3.05, 3.63) is 72.2 Å². The van der Waals surface area contributed by atoms with Crippen LogP contribution in [-0.4, -0.2) is 18.3 Å². The van der Waals surface area contributed by atoms with Crippen molar-refractivity contribution in [1.82, 2.24) is 10.3 Å². The lowest BCUT2D eigenvalue weighted by Crippen LogP contribution is -2.41. The predicted octanol–water partition coefficient (Wildman–Crippen LogP) is 2.61. The van der Waals surface area contributed by atoms with Crippen LogP contribution < -0.4 is 10.1 Å². The fraction of sp³-hybridized carbons (Fsp3) is 0.176. The molecule has 112 valence electrons. The van der Waals surface area contributed by atoms with E-state index < -0.39 is 5.85 Å². The van der Waals surface area contributed by atoms with Crippen LogP contribution in [0.3, 0.4) is 0 Å². The van der Waals surface area contributed by atoms with Gasteiger partial charge >= 0.3 is 0 Å². The summed E-state index contributed by atoms with van der Waals surface area (Å²) in [7, 11) is 1.65. The Morgan fingerprint density at radius 1 is 1.09 bits per heavy atom. The fourth-order valence-electron chi connectivity index (χ4n) is 2.20. The van der Waals surface area contributed by atoms with Crippen molar-refractivity contribution in [2.45, 2.75) is 12.5 Å². The largest absolute Gasteiger partial charge is 0.497 e. The fourth-order valence-corrected chi connectivity index (χ4v) is 2.20. The minimum Gasteiger partial charge on any atom is -0.497 e. The summed E-state index contributed by atoms with van der Waals surface area (Å²) in [5, 5.41) is 3.19. The predicted molar refractivity (Wildman–Crippen MR) is 84.5 cm³/mol. The van der Waals surface area contributed by atoms with Crippen LogP contribution in [0.1, 0.15) is 11.1 Å². The standard InChI is InChI=1S/C17H17N3O2/c1-21-16-5-3-14(4-6-16)13-22-17(19-9-2-10-20-17)15-7-11-18-12-8-15/h2-12,19H,13H2,1H3. The molecule has 22 heavy (non-hydrogen) atoms. The summed E-state index contributed by atoms with van der Waals surface area (Å²) in [4.78, 5) is 8.52. The third-order valence-corrected chi connectivity index (χ3v) is 3.40. The average Bonchev–Trinajstić information content (AvgIpc) is 2.62. The molecule has 1 unspecified atom stereocenters. The second-order valence-corrected chi connectivity index (χ2v) is 4.80. The Balaban J connectivity index is 1.79. The summed E-state index contributed by atoms with van der Waals surface area (Å²) in [6.45, 7) is 0.421. The molecule has 1 aliphatic rings. The van der Waals surface area contributed by atoms with Crippen LogP contribution in [0.15, 0.2) is 66.1 Å². The van der Waals surface area contributed by atoms with Crippen molar-refractivity contribution in [2.24, 2.45) is 4.99 Å². The minimum absolute atomic E-state index is 0.421. The quantitative estimate of drug-likeness (QED) is 0.921. The number of benzene rings is 1. The zero-order chi connectivity index (χ0) is 15.3. The molecule has 2 aromatic rings. The van der Waals surface area contributed by atoms with Gasteiger partial charge in [0.05, 0.1) is 13.7 Å². The van der Waals surface area contributed by atoms with E-state index in [1.807, 2.05) is 48.7 Å². The minimum atomic E-state index is -0.919. The van der Waals surface area contributed by atoms with Gasteiger partial charge in [-0.15, -0.1) is 0 Å². The first kappa shape index (κ1) is 14.3. The number of rotatable bonds is 5. The highest BCUT2D eigenvalue weighted by Crippen LogP contribution is 2.27. The van der Waals surface area contributed by atoms with Gasteiger partial charge in [0.25, 0.3) is 5.85 Å². The van der Waals surface area contributed by atoms with Crippen molar-refractivity contribution in [3.63, 3.8) is 0 Å². The Bertz CT molecular complexity index is 668. The van der Waals surface area contributed by atoms with Crippen LogP contribution >= 0.6 is 0 Å². The summed E-state index contributed by atoms with van der Waals surface area (Å²) in [5.41, 5.74) is 1.94. The Labute approximate surface area is 129 Å². The number of methoxy groups -OCH3 is 1. The number of allylic oxidation sites excluding steroid dienone is 1. The third kappa shape index (κ3) is 2.99. The number of nitrogens with zero attached hydrogens (tertiary/aromatic N) is 2. The topological polar surface area (TPSA) is 55.7 Å². The number of nitrogens with one attached hydrogen (secondary N) is 1. The lowest BCUT2D eigenvalue weighted by Gasteiger charge is -2.32. The molecular formula is C17H17N3O2. The zero-order valence-corrected chi connectivity index (χ0v) is 12.3. The molecule has 5 heteroatoms. The number of pyridine rings is 1. The van der Waals surface area contributed by atoms with Crippen molar-refractivity contribution in [2.75, 3.05) is 7.11 Å². The summed E-state index contributed by atoms with van der Waals surface area (Å²) in [6, 6.07) is 11.5. The maximum absolute atomic E-state index is 6.09. The highest BCUT2D eigenvalue weighted by Gasteiger charge is 2.32. The van der Waals surface area contributed by atoms with Crippen molar-refractivity contribution >= 4 is 6.21 Å². The van der Waals surface area contributed by atoms with Gasteiger partial charge in [0, 0.05) is 30.4 Å². The van der Waals surface area contributed by atoms with Crippen molar-refractivity contribution < 1.29 is 9.47 Å². The molecule has 1 atom stereocenters.